The highest BCUT2D eigenvalue weighted by Crippen LogP contribution is 2.35. The minimum absolute atomic E-state index is 0.0296. The Morgan fingerprint density at radius 3 is 2.44 bits per heavy atom. The van der Waals surface area contributed by atoms with E-state index in [9.17, 15) is 10.1 Å². The van der Waals surface area contributed by atoms with Gasteiger partial charge < -0.3 is 20.3 Å². The molecule has 9 nitrogen and oxygen atoms in total. The molecule has 3 rings (SSSR count). The molecule has 3 heterocycles. The Morgan fingerprint density at radius 2 is 1.84 bits per heavy atom. The van der Waals surface area contributed by atoms with E-state index in [-0.39, 0.29) is 23.7 Å². The number of nitrogens with zero attached hydrogens (tertiary/aromatic N) is 5. The van der Waals surface area contributed by atoms with Crippen molar-refractivity contribution < 1.29 is 9.66 Å². The number of ether oxygens (including phenoxy) is 1. The molecule has 0 aromatic carbocycles. The SMILES string of the molecule is C[C@@H]1CCCN(c2nc(N)c([N+](=O)[O-])c(N3C[C@@H](C)O[C@@H](C)C3)n2)C1. The van der Waals surface area contributed by atoms with E-state index >= 15 is 0 Å². The van der Waals surface area contributed by atoms with E-state index in [1.165, 1.54) is 6.42 Å². The number of nitro groups is 1. The van der Waals surface area contributed by atoms with Crippen molar-refractivity contribution in [1.82, 2.24) is 9.97 Å². The first-order chi connectivity index (χ1) is 11.8. The molecular weight excluding hydrogens is 324 g/mol. The van der Waals surface area contributed by atoms with Crippen molar-refractivity contribution in [1.29, 1.82) is 0 Å². The van der Waals surface area contributed by atoms with Crippen molar-refractivity contribution in [3.05, 3.63) is 10.1 Å². The van der Waals surface area contributed by atoms with Gasteiger partial charge in [-0.25, -0.2) is 0 Å². The van der Waals surface area contributed by atoms with Gasteiger partial charge in [-0.05, 0) is 32.6 Å². The van der Waals surface area contributed by atoms with Crippen LogP contribution in [0.3, 0.4) is 0 Å². The quantitative estimate of drug-likeness (QED) is 0.649. The third-order valence-corrected chi connectivity index (χ3v) is 4.72. The first-order valence-corrected chi connectivity index (χ1v) is 8.82. The normalized spacial score (nSPS) is 27.4. The molecule has 25 heavy (non-hydrogen) atoms. The molecule has 2 aliphatic rings. The maximum Gasteiger partial charge on any atom is 0.353 e. The minimum atomic E-state index is -0.488. The molecule has 0 aliphatic carbocycles. The van der Waals surface area contributed by atoms with Crippen LogP contribution in [0.1, 0.15) is 33.6 Å². The Morgan fingerprint density at radius 1 is 1.16 bits per heavy atom. The maximum atomic E-state index is 11.6. The zero-order valence-corrected chi connectivity index (χ0v) is 15.0. The molecule has 2 saturated heterocycles. The Bertz CT molecular complexity index is 645. The zero-order valence-electron chi connectivity index (χ0n) is 15.0. The number of rotatable bonds is 3. The third-order valence-electron chi connectivity index (χ3n) is 4.72. The fourth-order valence-electron chi connectivity index (χ4n) is 3.71. The molecule has 0 bridgehead atoms. The lowest BCUT2D eigenvalue weighted by molar-refractivity contribution is -0.383. The van der Waals surface area contributed by atoms with Crippen LogP contribution in [0.15, 0.2) is 0 Å². The third kappa shape index (κ3) is 3.76. The molecule has 2 fully saturated rings. The summed E-state index contributed by atoms with van der Waals surface area (Å²) in [7, 11) is 0. The van der Waals surface area contributed by atoms with Crippen molar-refractivity contribution in [3.63, 3.8) is 0 Å². The summed E-state index contributed by atoms with van der Waals surface area (Å²) in [5.41, 5.74) is 5.75. The second-order valence-corrected chi connectivity index (χ2v) is 7.19. The Hall–Kier alpha value is -2.16. The van der Waals surface area contributed by atoms with Crippen LogP contribution in [0.4, 0.5) is 23.3 Å². The van der Waals surface area contributed by atoms with Gasteiger partial charge in [0.15, 0.2) is 0 Å². The van der Waals surface area contributed by atoms with Crippen molar-refractivity contribution in [2.45, 2.75) is 45.8 Å². The summed E-state index contributed by atoms with van der Waals surface area (Å²) in [4.78, 5) is 23.9. The predicted octanol–water partition coefficient (Wildman–Crippen LogP) is 1.82. The Labute approximate surface area is 147 Å². The number of anilines is 3. The highest BCUT2D eigenvalue weighted by molar-refractivity contribution is 5.71. The molecule has 0 saturated carbocycles. The van der Waals surface area contributed by atoms with Crippen LogP contribution in [0.5, 0.6) is 0 Å². The van der Waals surface area contributed by atoms with E-state index in [2.05, 4.69) is 21.8 Å². The lowest BCUT2D eigenvalue weighted by atomic mass is 10.0. The molecule has 9 heteroatoms. The molecule has 1 aromatic heterocycles. The molecule has 2 N–H and O–H groups in total. The smallest absolute Gasteiger partial charge is 0.353 e. The van der Waals surface area contributed by atoms with E-state index in [1.807, 2.05) is 18.7 Å². The van der Waals surface area contributed by atoms with Crippen LogP contribution < -0.4 is 15.5 Å². The van der Waals surface area contributed by atoms with Gasteiger partial charge in [0.1, 0.15) is 0 Å². The summed E-state index contributed by atoms with van der Waals surface area (Å²) in [6.45, 7) is 8.85. The summed E-state index contributed by atoms with van der Waals surface area (Å²) >= 11 is 0. The summed E-state index contributed by atoms with van der Waals surface area (Å²) in [5.74, 6) is 1.25. The van der Waals surface area contributed by atoms with Gasteiger partial charge in [0.25, 0.3) is 0 Å². The molecule has 0 amide bonds. The second-order valence-electron chi connectivity index (χ2n) is 7.19. The lowest BCUT2D eigenvalue weighted by Crippen LogP contribution is -2.46. The second kappa shape index (κ2) is 6.99. The molecule has 0 radical (unpaired) electrons. The Kier molecular flexibility index (Phi) is 4.94. The zero-order chi connectivity index (χ0) is 18.1. The lowest BCUT2D eigenvalue weighted by Gasteiger charge is -2.36. The van der Waals surface area contributed by atoms with Crippen molar-refractivity contribution >= 4 is 23.3 Å². The molecule has 2 aliphatic heterocycles. The average molecular weight is 350 g/mol. The molecule has 1 aromatic rings. The van der Waals surface area contributed by atoms with E-state index in [0.29, 0.717) is 30.8 Å². The standard InChI is InChI=1S/C16H26N6O3/c1-10-5-4-6-20(7-10)16-18-14(17)13(22(23)24)15(19-16)21-8-11(2)25-12(3)9-21/h10-12H,4-9H2,1-3H3,(H2,17,18,19)/t10-,11-,12+/m1/s1. The van der Waals surface area contributed by atoms with Gasteiger partial charge in [0.05, 0.1) is 17.1 Å². The number of nitrogens with two attached hydrogens (primary N) is 1. The van der Waals surface area contributed by atoms with E-state index in [0.717, 1.165) is 19.5 Å². The van der Waals surface area contributed by atoms with E-state index in [1.54, 1.807) is 0 Å². The molecule has 3 atom stereocenters. The van der Waals surface area contributed by atoms with Crippen LogP contribution in [0.25, 0.3) is 0 Å². The van der Waals surface area contributed by atoms with Crippen LogP contribution >= 0.6 is 0 Å². The fourth-order valence-corrected chi connectivity index (χ4v) is 3.71. The average Bonchev–Trinajstić information content (AvgIpc) is 2.52. The van der Waals surface area contributed by atoms with E-state index in [4.69, 9.17) is 10.5 Å². The molecule has 138 valence electrons. The van der Waals surface area contributed by atoms with Gasteiger partial charge in [0, 0.05) is 26.2 Å². The van der Waals surface area contributed by atoms with Gasteiger partial charge in [0.2, 0.25) is 17.6 Å². The van der Waals surface area contributed by atoms with Crippen LogP contribution in [0.2, 0.25) is 0 Å². The number of hydrogen-bond acceptors (Lipinski definition) is 8. The molecular formula is C16H26N6O3. The van der Waals surface area contributed by atoms with Gasteiger partial charge in [-0.1, -0.05) is 6.92 Å². The number of morpholine rings is 1. The van der Waals surface area contributed by atoms with Crippen molar-refractivity contribution in [2.24, 2.45) is 5.92 Å². The topological polar surface area (TPSA) is 111 Å². The predicted molar refractivity (Wildman–Crippen MR) is 95.9 cm³/mol. The van der Waals surface area contributed by atoms with Gasteiger partial charge >= 0.3 is 5.69 Å². The number of hydrogen-bond donors (Lipinski definition) is 1. The van der Waals surface area contributed by atoms with Crippen LogP contribution in [-0.4, -0.2) is 53.3 Å². The van der Waals surface area contributed by atoms with Gasteiger partial charge in [-0.15, -0.1) is 0 Å². The fraction of sp³-hybridized carbons (Fsp3) is 0.750. The number of aromatic nitrogens is 2. The summed E-state index contributed by atoms with van der Waals surface area (Å²) in [5, 5.41) is 11.6. The van der Waals surface area contributed by atoms with Crippen LogP contribution in [-0.2, 0) is 4.74 Å². The van der Waals surface area contributed by atoms with Crippen molar-refractivity contribution in [3.8, 4) is 0 Å². The Balaban J connectivity index is 2.00. The summed E-state index contributed by atoms with van der Waals surface area (Å²) < 4.78 is 5.73. The van der Waals surface area contributed by atoms with E-state index < -0.39 is 4.92 Å². The minimum Gasteiger partial charge on any atom is -0.378 e. The van der Waals surface area contributed by atoms with Gasteiger partial charge in [-0.2, -0.15) is 9.97 Å². The monoisotopic (exact) mass is 350 g/mol. The highest BCUT2D eigenvalue weighted by Gasteiger charge is 2.33. The van der Waals surface area contributed by atoms with Gasteiger partial charge in [-0.3, -0.25) is 10.1 Å². The highest BCUT2D eigenvalue weighted by atomic mass is 16.6. The number of nitrogen functional groups attached to an aromatic ring is 1. The largest absolute Gasteiger partial charge is 0.378 e. The summed E-state index contributed by atoms with van der Waals surface area (Å²) in [6, 6.07) is 0. The summed E-state index contributed by atoms with van der Waals surface area (Å²) in [6.07, 6.45) is 2.17. The molecule has 0 spiro atoms. The maximum absolute atomic E-state index is 11.6. The first kappa shape index (κ1) is 17.7. The number of piperidine rings is 1. The van der Waals surface area contributed by atoms with Crippen molar-refractivity contribution in [2.75, 3.05) is 41.7 Å². The van der Waals surface area contributed by atoms with Crippen LogP contribution in [0, 0.1) is 16.0 Å². The molecule has 0 unspecified atom stereocenters. The first-order valence-electron chi connectivity index (χ1n) is 8.82.